The third-order valence-electron chi connectivity index (χ3n) is 6.61. The van der Waals surface area contributed by atoms with Crippen molar-refractivity contribution in [1.82, 2.24) is 0 Å². The maximum Gasteiger partial charge on any atom is 0.0651 e. The second-order valence-electron chi connectivity index (χ2n) is 8.44. The van der Waals surface area contributed by atoms with E-state index in [1.165, 1.54) is 25.7 Å². The fourth-order valence-corrected chi connectivity index (χ4v) is 4.76. The van der Waals surface area contributed by atoms with Crippen LogP contribution in [-0.4, -0.2) is 21.9 Å². The molecular weight excluding hydrogens is 260 g/mol. The lowest BCUT2D eigenvalue weighted by atomic mass is 9.62. The van der Waals surface area contributed by atoms with Gasteiger partial charge in [-0.1, -0.05) is 39.3 Å². The number of fused-ring (bicyclic) bond motifs is 1. The molecule has 0 bridgehead atoms. The molecule has 2 heteroatoms. The fourth-order valence-electron chi connectivity index (χ4n) is 4.76. The summed E-state index contributed by atoms with van der Waals surface area (Å²) in [5.41, 5.74) is -0.348. The van der Waals surface area contributed by atoms with Gasteiger partial charge in [0.05, 0.1) is 11.7 Å². The van der Waals surface area contributed by atoms with E-state index in [1.54, 1.807) is 0 Å². The first kappa shape index (κ1) is 17.0. The first-order chi connectivity index (χ1) is 9.66. The maximum atomic E-state index is 10.3. The lowest BCUT2D eigenvalue weighted by molar-refractivity contribution is -0.0232. The molecule has 2 aliphatic rings. The molecule has 0 heterocycles. The van der Waals surface area contributed by atoms with Gasteiger partial charge in [-0.25, -0.2) is 0 Å². The van der Waals surface area contributed by atoms with Crippen molar-refractivity contribution < 1.29 is 10.2 Å². The molecule has 0 radical (unpaired) electrons. The van der Waals surface area contributed by atoms with Crippen molar-refractivity contribution in [2.75, 3.05) is 0 Å². The Bertz CT molecular complexity index is 382. The zero-order chi connectivity index (χ0) is 15.8. The molecule has 2 fully saturated rings. The zero-order valence-corrected chi connectivity index (χ0v) is 14.5. The van der Waals surface area contributed by atoms with Gasteiger partial charge >= 0.3 is 0 Å². The van der Waals surface area contributed by atoms with Crippen molar-refractivity contribution in [3.63, 3.8) is 0 Å². The highest BCUT2D eigenvalue weighted by Gasteiger charge is 2.51. The van der Waals surface area contributed by atoms with E-state index in [4.69, 9.17) is 0 Å². The normalized spacial score (nSPS) is 40.2. The van der Waals surface area contributed by atoms with Gasteiger partial charge in [0, 0.05) is 5.92 Å². The Morgan fingerprint density at radius 1 is 1.14 bits per heavy atom. The highest BCUT2D eigenvalue weighted by molar-refractivity contribution is 5.06. The molecule has 0 saturated heterocycles. The minimum absolute atomic E-state index is 0.0831. The van der Waals surface area contributed by atoms with Crippen molar-refractivity contribution in [2.24, 2.45) is 29.1 Å². The summed E-state index contributed by atoms with van der Waals surface area (Å²) in [4.78, 5) is 0. The van der Waals surface area contributed by atoms with Gasteiger partial charge in [-0.15, -0.1) is 0 Å². The van der Waals surface area contributed by atoms with E-state index in [0.29, 0.717) is 23.2 Å². The molecule has 2 saturated carbocycles. The number of allylic oxidation sites excluding steroid dienone is 1. The summed E-state index contributed by atoms with van der Waals surface area (Å²) in [6, 6.07) is 0. The molecule has 0 aromatic carbocycles. The lowest BCUT2D eigenvalue weighted by Crippen LogP contribution is -2.41. The van der Waals surface area contributed by atoms with E-state index in [2.05, 4.69) is 32.9 Å². The summed E-state index contributed by atoms with van der Waals surface area (Å²) in [5, 5.41) is 20.4. The Morgan fingerprint density at radius 3 is 2.43 bits per heavy atom. The van der Waals surface area contributed by atoms with Gasteiger partial charge in [-0.3, -0.25) is 0 Å². The van der Waals surface area contributed by atoms with Crippen molar-refractivity contribution >= 4 is 0 Å². The van der Waals surface area contributed by atoms with Crippen molar-refractivity contribution in [1.29, 1.82) is 0 Å². The van der Waals surface area contributed by atoms with Crippen LogP contribution in [0.25, 0.3) is 0 Å². The summed E-state index contributed by atoms with van der Waals surface area (Å²) in [6.07, 6.45) is 10.2. The van der Waals surface area contributed by atoms with E-state index < -0.39 is 5.60 Å². The second kappa shape index (κ2) is 6.04. The van der Waals surface area contributed by atoms with Gasteiger partial charge in [-0.2, -0.15) is 0 Å². The molecule has 0 aromatic rings. The fraction of sp³-hybridized carbons (Fsp3) is 0.895. The van der Waals surface area contributed by atoms with Crippen LogP contribution in [0.15, 0.2) is 12.2 Å². The van der Waals surface area contributed by atoms with Crippen LogP contribution in [0.2, 0.25) is 0 Å². The molecular formula is C19H34O2. The molecule has 21 heavy (non-hydrogen) atoms. The van der Waals surface area contributed by atoms with Gasteiger partial charge < -0.3 is 10.2 Å². The van der Waals surface area contributed by atoms with Crippen LogP contribution >= 0.6 is 0 Å². The molecule has 122 valence electrons. The predicted octanol–water partition coefficient (Wildman–Crippen LogP) is 4.16. The molecule has 0 unspecified atom stereocenters. The minimum atomic E-state index is -0.653. The largest absolute Gasteiger partial charge is 0.393 e. The van der Waals surface area contributed by atoms with Gasteiger partial charge in [0.25, 0.3) is 0 Å². The average Bonchev–Trinajstić information content (AvgIpc) is 2.73. The Labute approximate surface area is 130 Å². The molecule has 2 aliphatic carbocycles. The van der Waals surface area contributed by atoms with Crippen molar-refractivity contribution in [2.45, 2.75) is 78.4 Å². The van der Waals surface area contributed by atoms with Crippen LogP contribution in [0.3, 0.4) is 0 Å². The quantitative estimate of drug-likeness (QED) is 0.764. The standard InChI is InChI=1S/C19H34O2/c1-13(8-9-14(2)18(3,4)21)15-10-11-16-17(20)7-6-12-19(15,16)5/h8-9,13-17,20-21H,6-7,10-12H2,1-5H3/b9-8-/t13-,14+,15-,16+,17+,19-/m1/s1. The third-order valence-corrected chi connectivity index (χ3v) is 6.61. The molecule has 2 nitrogen and oxygen atoms in total. The number of rotatable bonds is 4. The van der Waals surface area contributed by atoms with E-state index in [0.717, 1.165) is 6.42 Å². The molecule has 0 aliphatic heterocycles. The van der Waals surface area contributed by atoms with Crippen molar-refractivity contribution in [3.8, 4) is 0 Å². The predicted molar refractivity (Wildman–Crippen MR) is 87.9 cm³/mol. The van der Waals surface area contributed by atoms with Crippen LogP contribution in [0.1, 0.15) is 66.7 Å². The lowest BCUT2D eigenvalue weighted by Gasteiger charge is -2.44. The average molecular weight is 294 g/mol. The number of aliphatic hydroxyl groups is 2. The summed E-state index contributed by atoms with van der Waals surface area (Å²) in [7, 11) is 0. The molecule has 2 rings (SSSR count). The SMILES string of the molecule is C[C@H](/C=C\[C@H](C)C(C)(C)O)[C@H]1CC[C@H]2[C@@H](O)CCC[C@]12C. The van der Waals surface area contributed by atoms with Crippen LogP contribution in [0, 0.1) is 29.1 Å². The Hall–Kier alpha value is -0.340. The van der Waals surface area contributed by atoms with Crippen LogP contribution in [0.5, 0.6) is 0 Å². The third kappa shape index (κ3) is 3.37. The topological polar surface area (TPSA) is 40.5 Å². The number of aliphatic hydroxyl groups excluding tert-OH is 1. The highest BCUT2D eigenvalue weighted by Crippen LogP contribution is 2.57. The Kier molecular flexibility index (Phi) is 4.90. The zero-order valence-electron chi connectivity index (χ0n) is 14.5. The van der Waals surface area contributed by atoms with Gasteiger partial charge in [0.1, 0.15) is 0 Å². The Morgan fingerprint density at radius 2 is 1.81 bits per heavy atom. The molecule has 2 N–H and O–H groups in total. The van der Waals surface area contributed by atoms with E-state index in [1.807, 2.05) is 13.8 Å². The summed E-state index contributed by atoms with van der Waals surface area (Å²) >= 11 is 0. The smallest absolute Gasteiger partial charge is 0.0651 e. The molecule has 0 aromatic heterocycles. The van der Waals surface area contributed by atoms with Gasteiger partial charge in [-0.05, 0) is 62.7 Å². The van der Waals surface area contributed by atoms with E-state index in [9.17, 15) is 10.2 Å². The molecule has 6 atom stereocenters. The Balaban J connectivity index is 2.06. The molecule has 0 spiro atoms. The summed E-state index contributed by atoms with van der Waals surface area (Å²) < 4.78 is 0. The minimum Gasteiger partial charge on any atom is -0.393 e. The highest BCUT2D eigenvalue weighted by atomic mass is 16.3. The van der Waals surface area contributed by atoms with Crippen LogP contribution in [-0.2, 0) is 0 Å². The van der Waals surface area contributed by atoms with E-state index >= 15 is 0 Å². The van der Waals surface area contributed by atoms with Crippen LogP contribution < -0.4 is 0 Å². The van der Waals surface area contributed by atoms with E-state index in [-0.39, 0.29) is 12.0 Å². The second-order valence-corrected chi connectivity index (χ2v) is 8.44. The monoisotopic (exact) mass is 294 g/mol. The number of hydrogen-bond donors (Lipinski definition) is 2. The number of hydrogen-bond acceptors (Lipinski definition) is 2. The first-order valence-electron chi connectivity index (χ1n) is 8.75. The summed E-state index contributed by atoms with van der Waals surface area (Å²) in [6.45, 7) is 10.5. The van der Waals surface area contributed by atoms with Gasteiger partial charge in [0.2, 0.25) is 0 Å². The van der Waals surface area contributed by atoms with Crippen LogP contribution in [0.4, 0.5) is 0 Å². The molecule has 0 amide bonds. The van der Waals surface area contributed by atoms with Crippen molar-refractivity contribution in [3.05, 3.63) is 12.2 Å². The maximum absolute atomic E-state index is 10.3. The van der Waals surface area contributed by atoms with Gasteiger partial charge in [0.15, 0.2) is 0 Å². The summed E-state index contributed by atoms with van der Waals surface area (Å²) in [5.74, 6) is 1.86. The first-order valence-corrected chi connectivity index (χ1v) is 8.75.